The largest absolute Gasteiger partial charge is 0.497 e. The van der Waals surface area contributed by atoms with Crippen LogP contribution in [0.25, 0.3) is 10.9 Å². The number of benzene rings is 1. The first kappa shape index (κ1) is 20.8. The minimum Gasteiger partial charge on any atom is -0.497 e. The van der Waals surface area contributed by atoms with Crippen LogP contribution in [0.15, 0.2) is 24.3 Å². The number of piperidine rings is 1. The number of ether oxygens (including phenoxy) is 1. The number of carbonyl (C=O) groups excluding carboxylic acids is 2. The van der Waals surface area contributed by atoms with E-state index in [-0.39, 0.29) is 17.7 Å². The third kappa shape index (κ3) is 4.47. The zero-order valence-electron chi connectivity index (χ0n) is 18.1. The highest BCUT2D eigenvalue weighted by Crippen LogP contribution is 2.28. The van der Waals surface area contributed by atoms with E-state index in [0.29, 0.717) is 30.7 Å². The molecule has 0 radical (unpaired) electrons. The standard InChI is InChI=1S/C24H33N3O3/c1-16(23(28)25-19-6-4-3-5-7-19)17-10-12-27(13-11-17)24(29)22-14-18-8-9-20(30-2)15-21(18)26-22/h8-9,14-17,19,26H,3-7,10-13H2,1-2H3,(H,25,28)/t16-/m1/s1. The van der Waals surface area contributed by atoms with E-state index in [1.54, 1.807) is 7.11 Å². The van der Waals surface area contributed by atoms with E-state index in [0.717, 1.165) is 42.3 Å². The molecule has 2 amide bonds. The fourth-order valence-corrected chi connectivity index (χ4v) is 4.91. The monoisotopic (exact) mass is 411 g/mol. The van der Waals surface area contributed by atoms with Crippen molar-refractivity contribution in [1.82, 2.24) is 15.2 Å². The summed E-state index contributed by atoms with van der Waals surface area (Å²) in [6, 6.07) is 8.03. The van der Waals surface area contributed by atoms with E-state index in [9.17, 15) is 9.59 Å². The molecule has 1 aliphatic heterocycles. The molecule has 6 nitrogen and oxygen atoms in total. The second-order valence-electron chi connectivity index (χ2n) is 8.90. The van der Waals surface area contributed by atoms with Gasteiger partial charge in [-0.3, -0.25) is 9.59 Å². The van der Waals surface area contributed by atoms with Crippen LogP contribution >= 0.6 is 0 Å². The van der Waals surface area contributed by atoms with Crippen molar-refractivity contribution in [2.24, 2.45) is 11.8 Å². The Bertz CT molecular complexity index is 892. The summed E-state index contributed by atoms with van der Waals surface area (Å²) in [5, 5.41) is 4.27. The van der Waals surface area contributed by atoms with Crippen molar-refractivity contribution < 1.29 is 14.3 Å². The molecule has 2 fully saturated rings. The highest BCUT2D eigenvalue weighted by molar-refractivity contribution is 5.98. The first-order valence-electron chi connectivity index (χ1n) is 11.3. The Balaban J connectivity index is 1.32. The number of carbonyl (C=O) groups is 2. The Kier molecular flexibility index (Phi) is 6.30. The Morgan fingerprint density at radius 1 is 1.10 bits per heavy atom. The molecule has 0 spiro atoms. The predicted molar refractivity (Wildman–Crippen MR) is 118 cm³/mol. The van der Waals surface area contributed by atoms with E-state index >= 15 is 0 Å². The number of aromatic nitrogens is 1. The average molecular weight is 412 g/mol. The van der Waals surface area contributed by atoms with Gasteiger partial charge in [0.05, 0.1) is 7.11 Å². The van der Waals surface area contributed by atoms with Crippen LogP contribution in [-0.4, -0.2) is 47.9 Å². The number of hydrogen-bond acceptors (Lipinski definition) is 3. The molecule has 1 saturated carbocycles. The van der Waals surface area contributed by atoms with Gasteiger partial charge in [0.15, 0.2) is 0 Å². The highest BCUT2D eigenvalue weighted by atomic mass is 16.5. The minimum atomic E-state index is 0.00437. The second-order valence-corrected chi connectivity index (χ2v) is 8.90. The summed E-state index contributed by atoms with van der Waals surface area (Å²) < 4.78 is 5.26. The van der Waals surface area contributed by atoms with Crippen LogP contribution in [0, 0.1) is 11.8 Å². The first-order chi connectivity index (χ1) is 14.5. The van der Waals surface area contributed by atoms with Crippen molar-refractivity contribution in [2.75, 3.05) is 20.2 Å². The number of nitrogens with zero attached hydrogens (tertiary/aromatic N) is 1. The number of rotatable bonds is 5. The van der Waals surface area contributed by atoms with Gasteiger partial charge in [-0.1, -0.05) is 26.2 Å². The molecule has 0 unspecified atom stereocenters. The van der Waals surface area contributed by atoms with E-state index in [1.165, 1.54) is 19.3 Å². The molecule has 1 aromatic heterocycles. The van der Waals surface area contributed by atoms with Crippen molar-refractivity contribution in [3.8, 4) is 5.75 Å². The van der Waals surface area contributed by atoms with Gasteiger partial charge in [0, 0.05) is 42.0 Å². The van der Waals surface area contributed by atoms with E-state index < -0.39 is 0 Å². The number of amides is 2. The molecule has 1 aliphatic carbocycles. The van der Waals surface area contributed by atoms with Gasteiger partial charge in [-0.15, -0.1) is 0 Å². The van der Waals surface area contributed by atoms with Crippen LogP contribution in [0.2, 0.25) is 0 Å². The molecule has 4 rings (SSSR count). The normalized spacial score (nSPS) is 19.6. The molecule has 30 heavy (non-hydrogen) atoms. The second kappa shape index (κ2) is 9.11. The lowest BCUT2D eigenvalue weighted by Crippen LogP contribution is -2.45. The van der Waals surface area contributed by atoms with Gasteiger partial charge in [-0.05, 0) is 49.8 Å². The van der Waals surface area contributed by atoms with Gasteiger partial charge < -0.3 is 19.9 Å². The molecule has 2 heterocycles. The summed E-state index contributed by atoms with van der Waals surface area (Å²) in [7, 11) is 1.64. The Labute approximate surface area is 178 Å². The lowest BCUT2D eigenvalue weighted by molar-refractivity contribution is -0.127. The third-order valence-corrected chi connectivity index (χ3v) is 6.96. The quantitative estimate of drug-likeness (QED) is 0.777. The zero-order chi connectivity index (χ0) is 21.1. The molecule has 2 aliphatic rings. The van der Waals surface area contributed by atoms with E-state index in [4.69, 9.17) is 4.74 Å². The summed E-state index contributed by atoms with van der Waals surface area (Å²) in [4.78, 5) is 30.8. The van der Waals surface area contributed by atoms with Crippen LogP contribution in [0.1, 0.15) is 62.4 Å². The van der Waals surface area contributed by atoms with Gasteiger partial charge in [0.2, 0.25) is 5.91 Å². The summed E-state index contributed by atoms with van der Waals surface area (Å²) >= 11 is 0. The number of nitrogens with one attached hydrogen (secondary N) is 2. The number of methoxy groups -OCH3 is 1. The summed E-state index contributed by atoms with van der Waals surface area (Å²) in [6.07, 6.45) is 7.71. The van der Waals surface area contributed by atoms with Crippen LogP contribution in [0.3, 0.4) is 0 Å². The maximum absolute atomic E-state index is 13.0. The lowest BCUT2D eigenvalue weighted by atomic mass is 9.84. The molecular weight excluding hydrogens is 378 g/mol. The molecule has 162 valence electrons. The molecule has 1 aromatic carbocycles. The molecule has 1 saturated heterocycles. The SMILES string of the molecule is COc1ccc2cc(C(=O)N3CCC([C@@H](C)C(=O)NC4CCCCC4)CC3)[nH]c2c1. The van der Waals surface area contributed by atoms with E-state index in [2.05, 4.69) is 10.3 Å². The third-order valence-electron chi connectivity index (χ3n) is 6.96. The van der Waals surface area contributed by atoms with E-state index in [1.807, 2.05) is 36.1 Å². The highest BCUT2D eigenvalue weighted by Gasteiger charge is 2.31. The van der Waals surface area contributed by atoms with Gasteiger partial charge in [0.1, 0.15) is 11.4 Å². The van der Waals surface area contributed by atoms with Crippen molar-refractivity contribution in [2.45, 2.75) is 57.9 Å². The number of H-pyrrole nitrogens is 1. The molecule has 6 heteroatoms. The van der Waals surface area contributed by atoms with Crippen LogP contribution in [0.5, 0.6) is 5.75 Å². The molecular formula is C24H33N3O3. The fraction of sp³-hybridized carbons (Fsp3) is 0.583. The maximum Gasteiger partial charge on any atom is 0.270 e. The Hall–Kier alpha value is -2.50. The summed E-state index contributed by atoms with van der Waals surface area (Å²) in [5.41, 5.74) is 1.51. The smallest absolute Gasteiger partial charge is 0.270 e. The maximum atomic E-state index is 13.0. The van der Waals surface area contributed by atoms with Gasteiger partial charge in [0.25, 0.3) is 5.91 Å². The molecule has 2 aromatic rings. The summed E-state index contributed by atoms with van der Waals surface area (Å²) in [5.74, 6) is 1.33. The van der Waals surface area contributed by atoms with Crippen LogP contribution in [0.4, 0.5) is 0 Å². The zero-order valence-corrected chi connectivity index (χ0v) is 18.1. The van der Waals surface area contributed by atoms with Crippen molar-refractivity contribution in [1.29, 1.82) is 0 Å². The average Bonchev–Trinajstić information content (AvgIpc) is 3.22. The van der Waals surface area contributed by atoms with Gasteiger partial charge in [-0.2, -0.15) is 0 Å². The van der Waals surface area contributed by atoms with Crippen molar-refractivity contribution >= 4 is 22.7 Å². The van der Waals surface area contributed by atoms with Gasteiger partial charge in [-0.25, -0.2) is 0 Å². The Morgan fingerprint density at radius 2 is 1.83 bits per heavy atom. The van der Waals surface area contributed by atoms with Crippen molar-refractivity contribution in [3.05, 3.63) is 30.0 Å². The minimum absolute atomic E-state index is 0.00437. The number of hydrogen-bond donors (Lipinski definition) is 2. The predicted octanol–water partition coefficient (Wildman–Crippen LogP) is 4.11. The van der Waals surface area contributed by atoms with Crippen LogP contribution < -0.4 is 10.1 Å². The fourth-order valence-electron chi connectivity index (χ4n) is 4.91. The molecule has 2 N–H and O–H groups in total. The van der Waals surface area contributed by atoms with Gasteiger partial charge >= 0.3 is 0 Å². The Morgan fingerprint density at radius 3 is 2.53 bits per heavy atom. The number of fused-ring (bicyclic) bond motifs is 1. The topological polar surface area (TPSA) is 74.4 Å². The van der Waals surface area contributed by atoms with Crippen molar-refractivity contribution in [3.63, 3.8) is 0 Å². The summed E-state index contributed by atoms with van der Waals surface area (Å²) in [6.45, 7) is 3.44. The first-order valence-corrected chi connectivity index (χ1v) is 11.3. The number of aromatic amines is 1. The van der Waals surface area contributed by atoms with Crippen LogP contribution in [-0.2, 0) is 4.79 Å². The molecule has 0 bridgehead atoms. The molecule has 1 atom stereocenters. The number of likely N-dealkylation sites (tertiary alicyclic amines) is 1. The lowest BCUT2D eigenvalue weighted by Gasteiger charge is -2.35.